The summed E-state index contributed by atoms with van der Waals surface area (Å²) in [6.07, 6.45) is -0.797. The fourth-order valence-electron chi connectivity index (χ4n) is 1.41. The molecule has 0 aromatic heterocycles. The minimum Gasteiger partial charge on any atom is -0.497 e. The zero-order valence-electron chi connectivity index (χ0n) is 8.73. The van der Waals surface area contributed by atoms with Crippen molar-refractivity contribution in [3.05, 3.63) is 29.8 Å². The van der Waals surface area contributed by atoms with Gasteiger partial charge in [0.15, 0.2) is 0 Å². The van der Waals surface area contributed by atoms with Gasteiger partial charge in [-0.15, -0.1) is 0 Å². The molecule has 1 N–H and O–H groups in total. The third kappa shape index (κ3) is 2.47. The maximum Gasteiger partial charge on any atom is 0.118 e. The van der Waals surface area contributed by atoms with Gasteiger partial charge in [0.25, 0.3) is 0 Å². The second-order valence-corrected chi connectivity index (χ2v) is 3.17. The number of methoxy groups -OCH3 is 2. The van der Waals surface area contributed by atoms with Crippen LogP contribution >= 0.6 is 0 Å². The van der Waals surface area contributed by atoms with Crippen molar-refractivity contribution in [3.63, 3.8) is 0 Å². The lowest BCUT2D eigenvalue weighted by atomic mass is 10.1. The summed E-state index contributed by atoms with van der Waals surface area (Å²) in [6.45, 7) is 1.71. The van der Waals surface area contributed by atoms with Crippen LogP contribution in [0.15, 0.2) is 24.3 Å². The fourth-order valence-corrected chi connectivity index (χ4v) is 1.41. The largest absolute Gasteiger partial charge is 0.497 e. The first-order valence-electron chi connectivity index (χ1n) is 4.54. The first-order valence-corrected chi connectivity index (χ1v) is 4.54. The number of hydrogen-bond donors (Lipinski definition) is 1. The zero-order chi connectivity index (χ0) is 10.6. The number of aliphatic hydroxyl groups excluding tert-OH is 1. The van der Waals surface area contributed by atoms with Gasteiger partial charge in [-0.25, -0.2) is 0 Å². The minimum absolute atomic E-state index is 0.277. The number of benzene rings is 1. The number of ether oxygens (including phenoxy) is 2. The predicted octanol–water partition coefficient (Wildman–Crippen LogP) is 1.76. The Morgan fingerprint density at radius 2 is 1.71 bits per heavy atom. The van der Waals surface area contributed by atoms with Crippen molar-refractivity contribution in [1.29, 1.82) is 0 Å². The number of hydrogen-bond acceptors (Lipinski definition) is 3. The Balaban J connectivity index is 2.84. The molecule has 78 valence electrons. The topological polar surface area (TPSA) is 38.7 Å². The standard InChI is InChI=1S/C11H16O3/c1-8(12)11(14-3)9-4-6-10(13-2)7-5-9/h4-8,11-12H,1-3H3/t8-,11-/m1/s1. The fraction of sp³-hybridized carbons (Fsp3) is 0.455. The van der Waals surface area contributed by atoms with E-state index < -0.39 is 6.10 Å². The summed E-state index contributed by atoms with van der Waals surface area (Å²) in [5.41, 5.74) is 0.948. The van der Waals surface area contributed by atoms with E-state index in [0.717, 1.165) is 11.3 Å². The normalized spacial score (nSPS) is 14.9. The van der Waals surface area contributed by atoms with Crippen LogP contribution in [0.1, 0.15) is 18.6 Å². The van der Waals surface area contributed by atoms with E-state index in [1.54, 1.807) is 21.1 Å². The molecule has 0 radical (unpaired) electrons. The highest BCUT2D eigenvalue weighted by Gasteiger charge is 2.15. The van der Waals surface area contributed by atoms with Gasteiger partial charge in [-0.1, -0.05) is 12.1 Å². The van der Waals surface area contributed by atoms with Crippen molar-refractivity contribution in [1.82, 2.24) is 0 Å². The van der Waals surface area contributed by atoms with Crippen LogP contribution in [-0.4, -0.2) is 25.4 Å². The summed E-state index contributed by atoms with van der Waals surface area (Å²) < 4.78 is 10.2. The zero-order valence-corrected chi connectivity index (χ0v) is 8.73. The van der Waals surface area contributed by atoms with Gasteiger partial charge in [-0.05, 0) is 24.6 Å². The van der Waals surface area contributed by atoms with Gasteiger partial charge < -0.3 is 14.6 Å². The first-order chi connectivity index (χ1) is 6.69. The number of rotatable bonds is 4. The molecule has 1 aromatic carbocycles. The summed E-state index contributed by atoms with van der Waals surface area (Å²) in [5.74, 6) is 0.800. The molecule has 0 aliphatic rings. The summed E-state index contributed by atoms with van der Waals surface area (Å²) in [6, 6.07) is 7.48. The van der Waals surface area contributed by atoms with E-state index in [4.69, 9.17) is 9.47 Å². The minimum atomic E-state index is -0.520. The van der Waals surface area contributed by atoms with Gasteiger partial charge in [0.1, 0.15) is 11.9 Å². The van der Waals surface area contributed by atoms with Crippen LogP contribution in [0.25, 0.3) is 0 Å². The van der Waals surface area contributed by atoms with Crippen LogP contribution in [0.3, 0.4) is 0 Å². The maximum absolute atomic E-state index is 9.44. The molecule has 1 aromatic rings. The predicted molar refractivity (Wildman–Crippen MR) is 54.4 cm³/mol. The van der Waals surface area contributed by atoms with Crippen molar-refractivity contribution < 1.29 is 14.6 Å². The van der Waals surface area contributed by atoms with Crippen LogP contribution in [0.5, 0.6) is 5.75 Å². The van der Waals surface area contributed by atoms with Gasteiger partial charge in [-0.3, -0.25) is 0 Å². The molecular weight excluding hydrogens is 180 g/mol. The molecule has 0 unspecified atom stereocenters. The molecule has 0 aliphatic heterocycles. The molecular formula is C11H16O3. The maximum atomic E-state index is 9.44. The van der Waals surface area contributed by atoms with Crippen molar-refractivity contribution in [2.75, 3.05) is 14.2 Å². The van der Waals surface area contributed by atoms with E-state index in [1.165, 1.54) is 0 Å². The molecule has 0 amide bonds. The summed E-state index contributed by atoms with van der Waals surface area (Å²) >= 11 is 0. The van der Waals surface area contributed by atoms with Gasteiger partial charge in [0, 0.05) is 7.11 Å². The van der Waals surface area contributed by atoms with Crippen molar-refractivity contribution in [3.8, 4) is 5.75 Å². The third-order valence-electron chi connectivity index (χ3n) is 2.14. The molecule has 3 heteroatoms. The molecule has 14 heavy (non-hydrogen) atoms. The van der Waals surface area contributed by atoms with Gasteiger partial charge >= 0.3 is 0 Å². The highest BCUT2D eigenvalue weighted by atomic mass is 16.5. The SMILES string of the molecule is COc1ccc([C@H](OC)[C@@H](C)O)cc1. The first kappa shape index (κ1) is 11.0. The number of aliphatic hydroxyl groups is 1. The Morgan fingerprint density at radius 1 is 1.14 bits per heavy atom. The van der Waals surface area contributed by atoms with Crippen molar-refractivity contribution >= 4 is 0 Å². The average Bonchev–Trinajstić information content (AvgIpc) is 2.19. The molecule has 1 rings (SSSR count). The molecule has 0 saturated carbocycles. The van der Waals surface area contributed by atoms with E-state index in [9.17, 15) is 5.11 Å². The molecule has 0 bridgehead atoms. The van der Waals surface area contributed by atoms with E-state index in [-0.39, 0.29) is 6.10 Å². The average molecular weight is 196 g/mol. The lowest BCUT2D eigenvalue weighted by Gasteiger charge is -2.18. The molecule has 2 atom stereocenters. The monoisotopic (exact) mass is 196 g/mol. The lowest BCUT2D eigenvalue weighted by molar-refractivity contribution is -0.00350. The van der Waals surface area contributed by atoms with Crippen molar-refractivity contribution in [2.24, 2.45) is 0 Å². The molecule has 0 heterocycles. The van der Waals surface area contributed by atoms with Gasteiger partial charge in [0.05, 0.1) is 13.2 Å². The Labute approximate surface area is 84.3 Å². The highest BCUT2D eigenvalue weighted by molar-refractivity contribution is 5.28. The second-order valence-electron chi connectivity index (χ2n) is 3.17. The molecule has 3 nitrogen and oxygen atoms in total. The Bertz CT molecular complexity index is 266. The van der Waals surface area contributed by atoms with Gasteiger partial charge in [0.2, 0.25) is 0 Å². The Kier molecular flexibility index (Phi) is 3.92. The third-order valence-corrected chi connectivity index (χ3v) is 2.14. The lowest BCUT2D eigenvalue weighted by Crippen LogP contribution is -2.16. The molecule has 0 spiro atoms. The Hall–Kier alpha value is -1.06. The van der Waals surface area contributed by atoms with E-state index in [2.05, 4.69) is 0 Å². The molecule has 0 aliphatic carbocycles. The summed E-state index contributed by atoms with van der Waals surface area (Å²) in [7, 11) is 3.21. The van der Waals surface area contributed by atoms with E-state index >= 15 is 0 Å². The molecule has 0 fully saturated rings. The summed E-state index contributed by atoms with van der Waals surface area (Å²) in [5, 5.41) is 9.44. The van der Waals surface area contributed by atoms with Crippen LogP contribution in [0.2, 0.25) is 0 Å². The smallest absolute Gasteiger partial charge is 0.118 e. The van der Waals surface area contributed by atoms with E-state index in [1.807, 2.05) is 24.3 Å². The van der Waals surface area contributed by atoms with Crippen LogP contribution in [0.4, 0.5) is 0 Å². The van der Waals surface area contributed by atoms with Crippen molar-refractivity contribution in [2.45, 2.75) is 19.1 Å². The summed E-state index contributed by atoms with van der Waals surface area (Å²) in [4.78, 5) is 0. The Morgan fingerprint density at radius 3 is 2.07 bits per heavy atom. The van der Waals surface area contributed by atoms with E-state index in [0.29, 0.717) is 0 Å². The van der Waals surface area contributed by atoms with Gasteiger partial charge in [-0.2, -0.15) is 0 Å². The second kappa shape index (κ2) is 4.98. The van der Waals surface area contributed by atoms with Crippen LogP contribution in [0, 0.1) is 0 Å². The quantitative estimate of drug-likeness (QED) is 0.797. The van der Waals surface area contributed by atoms with Crippen LogP contribution in [-0.2, 0) is 4.74 Å². The highest BCUT2D eigenvalue weighted by Crippen LogP contribution is 2.22. The molecule has 0 saturated heterocycles. The van der Waals surface area contributed by atoms with Crippen LogP contribution < -0.4 is 4.74 Å².